The summed E-state index contributed by atoms with van der Waals surface area (Å²) >= 11 is 6.03. The third-order valence-electron chi connectivity index (χ3n) is 4.08. The predicted octanol–water partition coefficient (Wildman–Crippen LogP) is 4.64. The summed E-state index contributed by atoms with van der Waals surface area (Å²) in [7, 11) is 5.75. The number of methoxy groups -OCH3 is 1. The summed E-state index contributed by atoms with van der Waals surface area (Å²) in [6.07, 6.45) is 2.23. The number of benzene rings is 2. The van der Waals surface area contributed by atoms with Gasteiger partial charge in [-0.25, -0.2) is 0 Å². The minimum absolute atomic E-state index is 0.164. The summed E-state index contributed by atoms with van der Waals surface area (Å²) in [4.78, 5) is 2.31. The number of hydrogen-bond acceptors (Lipinski definition) is 3. The highest BCUT2D eigenvalue weighted by atomic mass is 35.5. The van der Waals surface area contributed by atoms with E-state index in [0.29, 0.717) is 0 Å². The standard InChI is InChI=1S/C20H25ClN2O/c1-15(22-2)13-20(17-7-9-18(21)10-8-17)23(3)14-16-5-11-19(24-4)12-6-16/h5-13,20,22H,14H2,1-4H3. The zero-order valence-electron chi connectivity index (χ0n) is 14.7. The molecule has 0 radical (unpaired) electrons. The van der Waals surface area contributed by atoms with Gasteiger partial charge in [0.1, 0.15) is 5.75 Å². The van der Waals surface area contributed by atoms with Crippen molar-refractivity contribution in [1.29, 1.82) is 0 Å². The zero-order chi connectivity index (χ0) is 17.5. The van der Waals surface area contributed by atoms with Crippen LogP contribution in [0.1, 0.15) is 24.1 Å². The molecule has 0 saturated carbocycles. The Labute approximate surface area is 149 Å². The maximum absolute atomic E-state index is 6.03. The van der Waals surface area contributed by atoms with Crippen LogP contribution < -0.4 is 10.1 Å². The van der Waals surface area contributed by atoms with Crippen LogP contribution in [0.25, 0.3) is 0 Å². The molecule has 0 aliphatic rings. The van der Waals surface area contributed by atoms with E-state index < -0.39 is 0 Å². The van der Waals surface area contributed by atoms with E-state index in [-0.39, 0.29) is 6.04 Å². The molecule has 4 heteroatoms. The first-order chi connectivity index (χ1) is 11.5. The molecule has 2 aromatic rings. The number of ether oxygens (including phenoxy) is 1. The zero-order valence-corrected chi connectivity index (χ0v) is 15.5. The Kier molecular flexibility index (Phi) is 6.71. The van der Waals surface area contributed by atoms with Crippen LogP contribution in [0.2, 0.25) is 5.02 Å². The molecule has 2 aromatic carbocycles. The molecule has 1 atom stereocenters. The number of nitrogens with zero attached hydrogens (tertiary/aromatic N) is 1. The highest BCUT2D eigenvalue weighted by Crippen LogP contribution is 2.25. The maximum Gasteiger partial charge on any atom is 0.118 e. The molecular weight excluding hydrogens is 320 g/mol. The van der Waals surface area contributed by atoms with Crippen LogP contribution in [-0.4, -0.2) is 26.1 Å². The van der Waals surface area contributed by atoms with Crippen molar-refractivity contribution in [3.05, 3.63) is 76.5 Å². The second kappa shape index (κ2) is 8.76. The topological polar surface area (TPSA) is 24.5 Å². The van der Waals surface area contributed by atoms with Gasteiger partial charge in [0.05, 0.1) is 13.2 Å². The number of rotatable bonds is 7. The van der Waals surface area contributed by atoms with Gasteiger partial charge in [-0.1, -0.05) is 35.9 Å². The SMILES string of the molecule is CNC(C)=CC(c1ccc(Cl)cc1)N(C)Cc1ccc(OC)cc1. The summed E-state index contributed by atoms with van der Waals surface area (Å²) in [5.74, 6) is 0.876. The van der Waals surface area contributed by atoms with Gasteiger partial charge in [0, 0.05) is 24.3 Å². The Balaban J connectivity index is 2.22. The smallest absolute Gasteiger partial charge is 0.118 e. The van der Waals surface area contributed by atoms with E-state index in [9.17, 15) is 0 Å². The molecule has 0 aromatic heterocycles. The minimum Gasteiger partial charge on any atom is -0.497 e. The van der Waals surface area contributed by atoms with E-state index in [1.54, 1.807) is 7.11 Å². The number of allylic oxidation sites excluding steroid dienone is 1. The molecule has 0 aliphatic carbocycles. The highest BCUT2D eigenvalue weighted by Gasteiger charge is 2.15. The fourth-order valence-electron chi connectivity index (χ4n) is 2.58. The molecule has 1 N–H and O–H groups in total. The first-order valence-corrected chi connectivity index (χ1v) is 8.36. The molecule has 0 aliphatic heterocycles. The molecule has 2 rings (SSSR count). The maximum atomic E-state index is 6.03. The van der Waals surface area contributed by atoms with Crippen molar-refractivity contribution in [2.24, 2.45) is 0 Å². The van der Waals surface area contributed by atoms with Crippen LogP contribution in [0.4, 0.5) is 0 Å². The summed E-state index contributed by atoms with van der Waals surface area (Å²) in [5, 5.41) is 3.96. The van der Waals surface area contributed by atoms with Gasteiger partial charge in [-0.3, -0.25) is 4.90 Å². The van der Waals surface area contributed by atoms with Gasteiger partial charge in [0.2, 0.25) is 0 Å². The lowest BCUT2D eigenvalue weighted by atomic mass is 10.0. The van der Waals surface area contributed by atoms with Crippen molar-refractivity contribution in [2.75, 3.05) is 21.2 Å². The van der Waals surface area contributed by atoms with Crippen LogP contribution in [-0.2, 0) is 6.54 Å². The predicted molar refractivity (Wildman–Crippen MR) is 101 cm³/mol. The second-order valence-corrected chi connectivity index (χ2v) is 6.30. The molecule has 0 spiro atoms. The average Bonchev–Trinajstić information content (AvgIpc) is 2.61. The van der Waals surface area contributed by atoms with Gasteiger partial charge < -0.3 is 10.1 Å². The van der Waals surface area contributed by atoms with Gasteiger partial charge in [-0.05, 0) is 55.4 Å². The molecule has 0 amide bonds. The Hall–Kier alpha value is -1.97. The second-order valence-electron chi connectivity index (χ2n) is 5.86. The van der Waals surface area contributed by atoms with Crippen LogP contribution in [0.3, 0.4) is 0 Å². The van der Waals surface area contributed by atoms with Crippen LogP contribution in [0, 0.1) is 0 Å². The van der Waals surface area contributed by atoms with Crippen molar-refractivity contribution in [2.45, 2.75) is 19.5 Å². The van der Waals surface area contributed by atoms with E-state index in [1.165, 1.54) is 11.1 Å². The van der Waals surface area contributed by atoms with E-state index in [1.807, 2.05) is 31.3 Å². The van der Waals surface area contributed by atoms with Crippen LogP contribution in [0.5, 0.6) is 5.75 Å². The Bertz CT molecular complexity index is 665. The fourth-order valence-corrected chi connectivity index (χ4v) is 2.70. The molecule has 0 fully saturated rings. The first-order valence-electron chi connectivity index (χ1n) is 7.98. The van der Waals surface area contributed by atoms with E-state index in [4.69, 9.17) is 16.3 Å². The lowest BCUT2D eigenvalue weighted by Gasteiger charge is -2.27. The number of nitrogens with one attached hydrogen (secondary N) is 1. The molecule has 1 unspecified atom stereocenters. The number of halogens is 1. The summed E-state index contributed by atoms with van der Waals surface area (Å²) < 4.78 is 5.23. The van der Waals surface area contributed by atoms with Crippen LogP contribution >= 0.6 is 11.6 Å². The van der Waals surface area contributed by atoms with Gasteiger partial charge in [-0.2, -0.15) is 0 Å². The fraction of sp³-hybridized carbons (Fsp3) is 0.300. The summed E-state index contributed by atoms with van der Waals surface area (Å²) in [6, 6.07) is 16.4. The van der Waals surface area contributed by atoms with Crippen LogP contribution in [0.15, 0.2) is 60.3 Å². The van der Waals surface area contributed by atoms with Crippen molar-refractivity contribution in [1.82, 2.24) is 10.2 Å². The molecule has 24 heavy (non-hydrogen) atoms. The Morgan fingerprint density at radius 3 is 2.33 bits per heavy atom. The van der Waals surface area contributed by atoms with Gasteiger partial charge in [-0.15, -0.1) is 0 Å². The number of hydrogen-bond donors (Lipinski definition) is 1. The molecular formula is C20H25ClN2O. The largest absolute Gasteiger partial charge is 0.497 e. The number of likely N-dealkylation sites (N-methyl/N-ethyl adjacent to an activating group) is 1. The first kappa shape index (κ1) is 18.4. The third kappa shape index (κ3) is 5.02. The lowest BCUT2D eigenvalue weighted by molar-refractivity contribution is 0.276. The molecule has 128 valence electrons. The summed E-state index contributed by atoms with van der Waals surface area (Å²) in [6.45, 7) is 2.91. The quantitative estimate of drug-likeness (QED) is 0.791. The van der Waals surface area contributed by atoms with Gasteiger partial charge >= 0.3 is 0 Å². The third-order valence-corrected chi connectivity index (χ3v) is 4.33. The molecule has 3 nitrogen and oxygen atoms in total. The highest BCUT2D eigenvalue weighted by molar-refractivity contribution is 6.30. The normalized spacial score (nSPS) is 13.0. The monoisotopic (exact) mass is 344 g/mol. The van der Waals surface area contributed by atoms with Crippen molar-refractivity contribution in [3.8, 4) is 5.75 Å². The lowest BCUT2D eigenvalue weighted by Crippen LogP contribution is -2.24. The van der Waals surface area contributed by atoms with Crippen molar-refractivity contribution < 1.29 is 4.74 Å². The van der Waals surface area contributed by atoms with E-state index >= 15 is 0 Å². The average molecular weight is 345 g/mol. The van der Waals surface area contributed by atoms with Gasteiger partial charge in [0.25, 0.3) is 0 Å². The minimum atomic E-state index is 0.164. The van der Waals surface area contributed by atoms with Crippen molar-refractivity contribution >= 4 is 11.6 Å². The Morgan fingerprint density at radius 1 is 1.17 bits per heavy atom. The van der Waals surface area contributed by atoms with E-state index in [2.05, 4.69) is 54.5 Å². The Morgan fingerprint density at radius 2 is 1.79 bits per heavy atom. The molecule has 0 heterocycles. The summed E-state index contributed by atoms with van der Waals surface area (Å²) in [5.41, 5.74) is 3.59. The molecule has 0 bridgehead atoms. The van der Waals surface area contributed by atoms with Gasteiger partial charge in [0.15, 0.2) is 0 Å². The van der Waals surface area contributed by atoms with Crippen molar-refractivity contribution in [3.63, 3.8) is 0 Å². The molecule has 0 saturated heterocycles. The van der Waals surface area contributed by atoms with E-state index in [0.717, 1.165) is 23.0 Å².